The Bertz CT molecular complexity index is 1300. The van der Waals surface area contributed by atoms with Crippen LogP contribution in [0.4, 0.5) is 26.3 Å². The molecule has 4 aromatic rings. The summed E-state index contributed by atoms with van der Waals surface area (Å²) in [6, 6.07) is 6.77. The molecule has 1 atom stereocenters. The van der Waals surface area contributed by atoms with Crippen LogP contribution in [0.3, 0.4) is 0 Å². The Hall–Kier alpha value is -3.12. The first-order valence-corrected chi connectivity index (χ1v) is 10.8. The average Bonchev–Trinajstić information content (AvgIpc) is 3.20. The van der Waals surface area contributed by atoms with Crippen molar-refractivity contribution in [2.75, 3.05) is 5.75 Å². The summed E-state index contributed by atoms with van der Waals surface area (Å²) >= 11 is -1.53. The minimum absolute atomic E-state index is 0.0193. The first kappa shape index (κ1) is 23.1. The van der Waals surface area contributed by atoms with Crippen molar-refractivity contribution in [1.29, 1.82) is 0 Å². The minimum Gasteiger partial charge on any atom is -0.611 e. The van der Waals surface area contributed by atoms with Crippen LogP contribution in [-0.2, 0) is 23.5 Å². The molecule has 5 nitrogen and oxygen atoms in total. The summed E-state index contributed by atoms with van der Waals surface area (Å²) in [4.78, 5) is 12.1. The van der Waals surface area contributed by atoms with Gasteiger partial charge in [0.15, 0.2) is 4.90 Å². The number of benzene rings is 1. The summed E-state index contributed by atoms with van der Waals surface area (Å²) in [6.07, 6.45) is -5.33. The van der Waals surface area contributed by atoms with E-state index in [1.165, 1.54) is 35.0 Å². The summed E-state index contributed by atoms with van der Waals surface area (Å²) in [5, 5.41) is 0. The monoisotopic (exact) mass is 484 g/mol. The molecule has 1 aromatic carbocycles. The molecule has 0 aliphatic carbocycles. The molecular weight excluding hydrogens is 470 g/mol. The smallest absolute Gasteiger partial charge is 0.433 e. The van der Waals surface area contributed by atoms with E-state index in [-0.39, 0.29) is 27.7 Å². The van der Waals surface area contributed by atoms with Gasteiger partial charge in [0.05, 0.1) is 5.56 Å². The largest absolute Gasteiger partial charge is 0.611 e. The number of hydrogen-bond donors (Lipinski definition) is 0. The van der Waals surface area contributed by atoms with E-state index in [2.05, 4.69) is 15.0 Å². The molecule has 172 valence electrons. The van der Waals surface area contributed by atoms with Crippen LogP contribution in [0.1, 0.15) is 18.2 Å². The van der Waals surface area contributed by atoms with Gasteiger partial charge in [0.2, 0.25) is 0 Å². The predicted molar refractivity (Wildman–Crippen MR) is 109 cm³/mol. The van der Waals surface area contributed by atoms with E-state index in [1.807, 2.05) is 0 Å². The second-order valence-corrected chi connectivity index (χ2v) is 8.65. The van der Waals surface area contributed by atoms with Crippen LogP contribution in [0.25, 0.3) is 28.2 Å². The first-order valence-electron chi connectivity index (χ1n) is 9.45. The van der Waals surface area contributed by atoms with Crippen molar-refractivity contribution in [3.63, 3.8) is 0 Å². The maximum Gasteiger partial charge on any atom is 0.433 e. The number of aromatic nitrogens is 4. The molecule has 0 saturated carbocycles. The predicted octanol–water partition coefficient (Wildman–Crippen LogP) is 5.62. The Morgan fingerprint density at radius 3 is 2.24 bits per heavy atom. The SMILES string of the molecule is CC[S+]([O-])c1cc(-c2ccc(C(F)(F)F)cc2)cnc1-c1cn2cnc(C(F)(F)F)cc2n1. The number of nitrogens with zero attached hydrogens (tertiary/aromatic N) is 4. The van der Waals surface area contributed by atoms with Gasteiger partial charge < -0.3 is 4.55 Å². The van der Waals surface area contributed by atoms with Crippen molar-refractivity contribution < 1.29 is 30.9 Å². The fourth-order valence-electron chi connectivity index (χ4n) is 3.14. The zero-order chi connectivity index (χ0) is 24.0. The van der Waals surface area contributed by atoms with Gasteiger partial charge in [0, 0.05) is 30.1 Å². The Morgan fingerprint density at radius 1 is 0.939 bits per heavy atom. The van der Waals surface area contributed by atoms with E-state index in [0.29, 0.717) is 11.1 Å². The normalized spacial score (nSPS) is 13.5. The fourth-order valence-corrected chi connectivity index (χ4v) is 4.08. The summed E-state index contributed by atoms with van der Waals surface area (Å²) < 4.78 is 91.3. The molecule has 0 aliphatic heterocycles. The lowest BCUT2D eigenvalue weighted by Crippen LogP contribution is -2.08. The van der Waals surface area contributed by atoms with Crippen LogP contribution in [0.15, 0.2) is 60.0 Å². The Kier molecular flexibility index (Phi) is 5.83. The molecule has 0 N–H and O–H groups in total. The second kappa shape index (κ2) is 8.34. The first-order chi connectivity index (χ1) is 15.5. The number of imidazole rings is 1. The standard InChI is InChI=1S/C21H14F6N4OS/c1-2-33(32)16-7-13(12-3-5-14(6-4-12)20(22,23)24)9-28-19(16)15-10-31-11-29-17(21(25,26)27)8-18(31)30-15/h3-11H,2H2,1H3. The van der Waals surface area contributed by atoms with Gasteiger partial charge in [-0.3, -0.25) is 4.40 Å². The lowest BCUT2D eigenvalue weighted by Gasteiger charge is -2.13. The van der Waals surface area contributed by atoms with Gasteiger partial charge in [-0.15, -0.1) is 0 Å². The van der Waals surface area contributed by atoms with Gasteiger partial charge in [0.25, 0.3) is 0 Å². The van der Waals surface area contributed by atoms with E-state index >= 15 is 0 Å². The van der Waals surface area contributed by atoms with Crippen molar-refractivity contribution in [1.82, 2.24) is 19.4 Å². The maximum absolute atomic E-state index is 12.9. The molecule has 0 saturated heterocycles. The molecule has 3 aromatic heterocycles. The van der Waals surface area contributed by atoms with Gasteiger partial charge in [0.1, 0.15) is 34.8 Å². The summed E-state index contributed by atoms with van der Waals surface area (Å²) in [7, 11) is 0. The Labute approximate surface area is 186 Å². The van der Waals surface area contributed by atoms with E-state index in [0.717, 1.165) is 24.5 Å². The number of alkyl halides is 6. The third-order valence-electron chi connectivity index (χ3n) is 4.79. The highest BCUT2D eigenvalue weighted by molar-refractivity contribution is 7.91. The molecule has 0 amide bonds. The number of hydrogen-bond acceptors (Lipinski definition) is 4. The molecule has 0 fully saturated rings. The van der Waals surface area contributed by atoms with Gasteiger partial charge in [-0.05, 0) is 35.8 Å². The third kappa shape index (κ3) is 4.67. The second-order valence-electron chi connectivity index (χ2n) is 6.94. The van der Waals surface area contributed by atoms with Crippen molar-refractivity contribution in [3.05, 3.63) is 66.4 Å². The highest BCUT2D eigenvalue weighted by Gasteiger charge is 2.33. The minimum atomic E-state index is -4.63. The van der Waals surface area contributed by atoms with E-state index in [9.17, 15) is 30.9 Å². The zero-order valence-corrected chi connectivity index (χ0v) is 17.6. The molecule has 0 aliphatic rings. The molecule has 4 rings (SSSR count). The number of fused-ring (bicyclic) bond motifs is 1. The number of rotatable bonds is 4. The van der Waals surface area contributed by atoms with Gasteiger partial charge in [-0.1, -0.05) is 12.1 Å². The topological polar surface area (TPSA) is 66.1 Å². The molecule has 0 spiro atoms. The van der Waals surface area contributed by atoms with Crippen molar-refractivity contribution >= 4 is 16.8 Å². The van der Waals surface area contributed by atoms with Crippen LogP contribution in [0.2, 0.25) is 0 Å². The van der Waals surface area contributed by atoms with Gasteiger partial charge in [-0.2, -0.15) is 26.3 Å². The average molecular weight is 484 g/mol. The number of pyridine rings is 1. The molecule has 0 bridgehead atoms. The summed E-state index contributed by atoms with van der Waals surface area (Å²) in [5.41, 5.74) is -0.663. The van der Waals surface area contributed by atoms with E-state index in [4.69, 9.17) is 0 Å². The van der Waals surface area contributed by atoms with Crippen LogP contribution >= 0.6 is 0 Å². The van der Waals surface area contributed by atoms with Crippen molar-refractivity contribution in [2.45, 2.75) is 24.2 Å². The molecule has 1 unspecified atom stereocenters. The van der Waals surface area contributed by atoms with Crippen molar-refractivity contribution in [2.24, 2.45) is 0 Å². The fraction of sp³-hybridized carbons (Fsp3) is 0.190. The maximum atomic E-state index is 12.9. The summed E-state index contributed by atoms with van der Waals surface area (Å²) in [5.74, 6) is 0.221. The van der Waals surface area contributed by atoms with Crippen LogP contribution in [-0.4, -0.2) is 29.7 Å². The quantitative estimate of drug-likeness (QED) is 0.279. The molecule has 12 heteroatoms. The number of halogens is 6. The van der Waals surface area contributed by atoms with Crippen LogP contribution in [0, 0.1) is 0 Å². The third-order valence-corrected chi connectivity index (χ3v) is 6.11. The van der Waals surface area contributed by atoms with Crippen LogP contribution in [0.5, 0.6) is 0 Å². The zero-order valence-electron chi connectivity index (χ0n) is 16.8. The summed E-state index contributed by atoms with van der Waals surface area (Å²) in [6.45, 7) is 1.67. The Morgan fingerprint density at radius 2 is 1.64 bits per heavy atom. The lowest BCUT2D eigenvalue weighted by molar-refractivity contribution is -0.141. The van der Waals surface area contributed by atoms with Gasteiger partial charge >= 0.3 is 12.4 Å². The highest BCUT2D eigenvalue weighted by Crippen LogP contribution is 2.34. The van der Waals surface area contributed by atoms with E-state index in [1.54, 1.807) is 6.92 Å². The van der Waals surface area contributed by atoms with E-state index < -0.39 is 34.8 Å². The lowest BCUT2D eigenvalue weighted by atomic mass is 10.0. The highest BCUT2D eigenvalue weighted by atomic mass is 32.2. The molecular formula is C21H14F6N4OS. The van der Waals surface area contributed by atoms with Crippen molar-refractivity contribution in [3.8, 4) is 22.5 Å². The molecule has 33 heavy (non-hydrogen) atoms. The Balaban J connectivity index is 1.78. The molecule has 0 radical (unpaired) electrons. The molecule has 3 heterocycles. The van der Waals surface area contributed by atoms with Gasteiger partial charge in [-0.25, -0.2) is 15.0 Å². The van der Waals surface area contributed by atoms with Crippen LogP contribution < -0.4 is 0 Å².